The average molecular weight is 268 g/mol. The summed E-state index contributed by atoms with van der Waals surface area (Å²) in [5, 5.41) is 2.93. The normalized spacial score (nSPS) is 30.2. The van der Waals surface area contributed by atoms with E-state index in [0.29, 0.717) is 11.8 Å². The van der Waals surface area contributed by atoms with Crippen LogP contribution in [0.1, 0.15) is 12.8 Å². The smallest absolute Gasteiger partial charge is 0.245 e. The van der Waals surface area contributed by atoms with Gasteiger partial charge in [-0.15, -0.1) is 0 Å². The van der Waals surface area contributed by atoms with Gasteiger partial charge in [0, 0.05) is 23.8 Å². The molecule has 1 aromatic heterocycles. The summed E-state index contributed by atoms with van der Waals surface area (Å²) in [5.74, 6) is 0.779. The van der Waals surface area contributed by atoms with E-state index in [1.807, 2.05) is 35.0 Å². The Bertz CT molecular complexity index is 637. The molecule has 1 unspecified atom stereocenters. The third-order valence-electron chi connectivity index (χ3n) is 4.71. The first-order valence-corrected chi connectivity index (χ1v) is 6.88. The summed E-state index contributed by atoms with van der Waals surface area (Å²) < 4.78 is 1.91. The van der Waals surface area contributed by atoms with Crippen LogP contribution in [0.15, 0.2) is 43.0 Å². The van der Waals surface area contributed by atoms with Gasteiger partial charge in [-0.1, -0.05) is 0 Å². The van der Waals surface area contributed by atoms with E-state index >= 15 is 0 Å². The fourth-order valence-corrected chi connectivity index (χ4v) is 3.25. The highest BCUT2D eigenvalue weighted by Crippen LogP contribution is 2.62. The van der Waals surface area contributed by atoms with Crippen molar-refractivity contribution in [3.05, 3.63) is 43.0 Å². The molecule has 1 amide bonds. The molecule has 2 aliphatic rings. The number of nitrogens with zero attached hydrogens (tertiary/aromatic N) is 2. The van der Waals surface area contributed by atoms with Crippen molar-refractivity contribution in [1.82, 2.24) is 9.55 Å². The molecule has 0 bridgehead atoms. The molecule has 2 fully saturated rings. The Morgan fingerprint density at radius 2 is 2.00 bits per heavy atom. The van der Waals surface area contributed by atoms with E-state index in [4.69, 9.17) is 5.73 Å². The number of fused-ring (bicyclic) bond motifs is 1. The molecule has 4 rings (SSSR count). The van der Waals surface area contributed by atoms with Gasteiger partial charge in [0.2, 0.25) is 5.91 Å². The largest absolute Gasteiger partial charge is 0.324 e. The predicted octanol–water partition coefficient (Wildman–Crippen LogP) is 1.55. The lowest BCUT2D eigenvalue weighted by Gasteiger charge is -2.11. The summed E-state index contributed by atoms with van der Waals surface area (Å²) in [5.41, 5.74) is 7.36. The molecule has 3 N–H and O–H groups in total. The molecule has 2 aliphatic carbocycles. The number of nitrogens with one attached hydrogen (secondary N) is 1. The number of aromatic nitrogens is 2. The van der Waals surface area contributed by atoms with Gasteiger partial charge in [-0.2, -0.15) is 0 Å². The quantitative estimate of drug-likeness (QED) is 0.887. The molecule has 1 heterocycles. The van der Waals surface area contributed by atoms with Crippen LogP contribution in [0.25, 0.3) is 5.69 Å². The molecular weight excluding hydrogens is 252 g/mol. The van der Waals surface area contributed by atoms with E-state index in [9.17, 15) is 4.79 Å². The fraction of sp³-hybridized carbons (Fsp3) is 0.333. The van der Waals surface area contributed by atoms with Gasteiger partial charge in [0.05, 0.1) is 6.33 Å². The Balaban J connectivity index is 1.48. The number of carbonyl (C=O) groups excluding carboxylic acids is 1. The summed E-state index contributed by atoms with van der Waals surface area (Å²) in [6.45, 7) is 0. The number of amides is 1. The highest BCUT2D eigenvalue weighted by atomic mass is 16.2. The second kappa shape index (κ2) is 3.93. The van der Waals surface area contributed by atoms with Crippen LogP contribution in [0.2, 0.25) is 0 Å². The van der Waals surface area contributed by atoms with Gasteiger partial charge < -0.3 is 15.6 Å². The molecule has 1 aromatic carbocycles. The van der Waals surface area contributed by atoms with Crippen LogP contribution < -0.4 is 11.1 Å². The Hall–Kier alpha value is -2.14. The van der Waals surface area contributed by atoms with Crippen molar-refractivity contribution in [2.75, 3.05) is 5.32 Å². The third-order valence-corrected chi connectivity index (χ3v) is 4.71. The van der Waals surface area contributed by atoms with Gasteiger partial charge >= 0.3 is 0 Å². The van der Waals surface area contributed by atoms with Crippen LogP contribution >= 0.6 is 0 Å². The monoisotopic (exact) mass is 268 g/mol. The summed E-state index contributed by atoms with van der Waals surface area (Å²) in [6.07, 6.45) is 7.54. The van der Waals surface area contributed by atoms with E-state index < -0.39 is 5.54 Å². The number of benzene rings is 1. The Morgan fingerprint density at radius 1 is 1.30 bits per heavy atom. The standard InChI is InChI=1S/C15H16N4O/c16-15(12-5-6-13(12)15)14(20)18-10-1-3-11(4-2-10)19-8-7-17-9-19/h1-4,7-9,12-13H,5-6,16H2,(H,18,20)/t12-,13+,15?. The number of nitrogens with two attached hydrogens (primary N) is 1. The average Bonchev–Trinajstić information content (AvgIpc) is 2.79. The molecule has 0 spiro atoms. The molecule has 20 heavy (non-hydrogen) atoms. The molecule has 2 saturated carbocycles. The maximum absolute atomic E-state index is 12.2. The van der Waals surface area contributed by atoms with Crippen LogP contribution in [0.5, 0.6) is 0 Å². The van der Waals surface area contributed by atoms with E-state index in [-0.39, 0.29) is 5.91 Å². The molecule has 2 aromatic rings. The van der Waals surface area contributed by atoms with Crippen LogP contribution in [-0.4, -0.2) is 21.0 Å². The first kappa shape index (κ1) is 11.7. The SMILES string of the molecule is NC1(C(=O)Nc2ccc(-n3ccnc3)cc2)[C@@H]2CC[C@@H]21. The molecule has 0 radical (unpaired) electrons. The van der Waals surface area contributed by atoms with Crippen molar-refractivity contribution >= 4 is 11.6 Å². The maximum atomic E-state index is 12.2. The maximum Gasteiger partial charge on any atom is 0.245 e. The van der Waals surface area contributed by atoms with Crippen molar-refractivity contribution in [3.63, 3.8) is 0 Å². The zero-order chi connectivity index (χ0) is 13.7. The molecule has 5 heteroatoms. The lowest BCUT2D eigenvalue weighted by atomic mass is 10.0. The van der Waals surface area contributed by atoms with Crippen molar-refractivity contribution in [2.24, 2.45) is 17.6 Å². The molecule has 0 saturated heterocycles. The van der Waals surface area contributed by atoms with E-state index in [1.54, 1.807) is 12.5 Å². The number of hydrogen-bond acceptors (Lipinski definition) is 3. The summed E-state index contributed by atoms with van der Waals surface area (Å²) in [4.78, 5) is 16.2. The first-order chi connectivity index (χ1) is 9.69. The fourth-order valence-electron chi connectivity index (χ4n) is 3.25. The van der Waals surface area contributed by atoms with Gasteiger partial charge in [0.25, 0.3) is 0 Å². The second-order valence-electron chi connectivity index (χ2n) is 5.69. The molecule has 3 atom stereocenters. The highest BCUT2D eigenvalue weighted by Gasteiger charge is 2.71. The zero-order valence-electron chi connectivity index (χ0n) is 11.0. The van der Waals surface area contributed by atoms with Crippen molar-refractivity contribution in [2.45, 2.75) is 18.4 Å². The minimum Gasteiger partial charge on any atom is -0.324 e. The number of imidazole rings is 1. The summed E-state index contributed by atoms with van der Waals surface area (Å²) in [7, 11) is 0. The minimum atomic E-state index is -0.608. The molecule has 102 valence electrons. The van der Waals surface area contributed by atoms with Gasteiger partial charge in [-0.25, -0.2) is 4.98 Å². The summed E-state index contributed by atoms with van der Waals surface area (Å²) >= 11 is 0. The molecule has 0 aliphatic heterocycles. The molecular formula is C15H16N4O. The number of hydrogen-bond donors (Lipinski definition) is 2. The van der Waals surface area contributed by atoms with Crippen LogP contribution in [0, 0.1) is 11.8 Å². The third kappa shape index (κ3) is 1.53. The topological polar surface area (TPSA) is 72.9 Å². The van der Waals surface area contributed by atoms with Gasteiger partial charge in [0.15, 0.2) is 0 Å². The number of anilines is 1. The van der Waals surface area contributed by atoms with Crippen molar-refractivity contribution in [1.29, 1.82) is 0 Å². The van der Waals surface area contributed by atoms with Crippen molar-refractivity contribution in [3.8, 4) is 5.69 Å². The van der Waals surface area contributed by atoms with Crippen LogP contribution in [0.4, 0.5) is 5.69 Å². The number of carbonyl (C=O) groups is 1. The lowest BCUT2D eigenvalue weighted by Crippen LogP contribution is -2.40. The minimum absolute atomic E-state index is 0.0413. The van der Waals surface area contributed by atoms with Gasteiger partial charge in [-0.3, -0.25) is 4.79 Å². The molecule has 5 nitrogen and oxygen atoms in total. The Kier molecular flexibility index (Phi) is 2.29. The van der Waals surface area contributed by atoms with Crippen LogP contribution in [-0.2, 0) is 4.79 Å². The predicted molar refractivity (Wildman–Crippen MR) is 75.3 cm³/mol. The lowest BCUT2D eigenvalue weighted by molar-refractivity contribution is -0.118. The highest BCUT2D eigenvalue weighted by molar-refractivity contribution is 6.01. The van der Waals surface area contributed by atoms with Crippen molar-refractivity contribution < 1.29 is 4.79 Å². The zero-order valence-corrected chi connectivity index (χ0v) is 11.0. The first-order valence-electron chi connectivity index (χ1n) is 6.88. The number of rotatable bonds is 3. The Labute approximate surface area is 116 Å². The Morgan fingerprint density at radius 3 is 2.55 bits per heavy atom. The van der Waals surface area contributed by atoms with Gasteiger partial charge in [0.1, 0.15) is 5.54 Å². The van der Waals surface area contributed by atoms with E-state index in [0.717, 1.165) is 24.2 Å². The van der Waals surface area contributed by atoms with Gasteiger partial charge in [-0.05, 0) is 48.9 Å². The van der Waals surface area contributed by atoms with E-state index in [2.05, 4.69) is 10.3 Å². The van der Waals surface area contributed by atoms with E-state index in [1.165, 1.54) is 0 Å². The summed E-state index contributed by atoms with van der Waals surface area (Å²) in [6, 6.07) is 7.67. The van der Waals surface area contributed by atoms with Crippen LogP contribution in [0.3, 0.4) is 0 Å². The second-order valence-corrected chi connectivity index (χ2v) is 5.69.